The zero-order valence-electron chi connectivity index (χ0n) is 17.2. The van der Waals surface area contributed by atoms with Gasteiger partial charge < -0.3 is 9.47 Å². The fourth-order valence-electron chi connectivity index (χ4n) is 3.32. The Morgan fingerprint density at radius 3 is 2.39 bits per heavy atom. The van der Waals surface area contributed by atoms with Crippen molar-refractivity contribution in [1.82, 2.24) is 5.32 Å². The Kier molecular flexibility index (Phi) is 10.9. The number of alkyl halides is 1. The minimum absolute atomic E-state index is 0.149. The topological polar surface area (TPSA) is 102 Å². The summed E-state index contributed by atoms with van der Waals surface area (Å²) in [6, 6.07) is 0. The van der Waals surface area contributed by atoms with Crippen LogP contribution in [0.1, 0.15) is 66.2 Å². The van der Waals surface area contributed by atoms with E-state index in [0.29, 0.717) is 18.5 Å². The van der Waals surface area contributed by atoms with Gasteiger partial charge in [-0.2, -0.15) is 4.89 Å². The Balaban J connectivity index is 2.38. The Morgan fingerprint density at radius 2 is 1.82 bits per heavy atom. The number of nitrogens with one attached hydrogen (secondary N) is 1. The predicted octanol–water partition coefficient (Wildman–Crippen LogP) is 4.51. The summed E-state index contributed by atoms with van der Waals surface area (Å²) in [4.78, 5) is 32.7. The van der Waals surface area contributed by atoms with E-state index in [1.807, 2.05) is 0 Å². The van der Waals surface area contributed by atoms with Crippen molar-refractivity contribution in [3.05, 3.63) is 0 Å². The number of hydrogen-bond donors (Lipinski definition) is 2. The molecule has 162 valence electrons. The molecule has 0 aromatic heterocycles. The summed E-state index contributed by atoms with van der Waals surface area (Å²) in [5, 5.41) is 2.14. The summed E-state index contributed by atoms with van der Waals surface area (Å²) >= 11 is 0. The highest BCUT2D eigenvalue weighted by molar-refractivity contribution is 7.38. The van der Waals surface area contributed by atoms with Gasteiger partial charge in [-0.1, -0.05) is 40.5 Å². The number of carbonyl (C=O) groups excluding carboxylic acids is 2. The van der Waals surface area contributed by atoms with E-state index in [2.05, 4.69) is 5.32 Å². The molecule has 1 aliphatic carbocycles. The molecular formula is C19H34FNO6P+. The van der Waals surface area contributed by atoms with E-state index >= 15 is 0 Å². The van der Waals surface area contributed by atoms with E-state index in [1.54, 1.807) is 27.7 Å². The standard InChI is InChI=1S/C19H33FNO6P/c1-12(2)17(22)26-18(13(3)4)27-19(23)21-16(20)9-8-14-6-5-7-15(10-14)11-28(24)25/h12-16,18H,5-11H2,1-4H3,(H-,21,23,24,25)/p+1/t14?,15?,16?,18-/m1/s1. The molecule has 0 bridgehead atoms. The quantitative estimate of drug-likeness (QED) is 0.232. The maximum absolute atomic E-state index is 14.2. The summed E-state index contributed by atoms with van der Waals surface area (Å²) in [6.07, 6.45) is 1.16. The largest absolute Gasteiger partial charge is 0.505 e. The van der Waals surface area contributed by atoms with Gasteiger partial charge in [-0.25, -0.2) is 9.18 Å². The Hall–Kier alpha value is -1.27. The lowest BCUT2D eigenvalue weighted by Gasteiger charge is -2.27. The lowest BCUT2D eigenvalue weighted by atomic mass is 9.80. The van der Waals surface area contributed by atoms with Gasteiger partial charge in [0.05, 0.1) is 5.92 Å². The number of halogens is 1. The van der Waals surface area contributed by atoms with Gasteiger partial charge in [0.1, 0.15) is 0 Å². The third kappa shape index (κ3) is 9.78. The van der Waals surface area contributed by atoms with Crippen LogP contribution in [-0.2, 0) is 18.8 Å². The van der Waals surface area contributed by atoms with Gasteiger partial charge in [0.25, 0.3) is 6.29 Å². The number of carbonyl (C=O) groups is 2. The van der Waals surface area contributed by atoms with Crippen molar-refractivity contribution in [3.63, 3.8) is 0 Å². The SMILES string of the molecule is CC(C)C(=O)O[C@H](OC(=O)NC(F)CCC1CCCC(C[P+](=O)O)C1)C(C)C. The van der Waals surface area contributed by atoms with Gasteiger partial charge >= 0.3 is 20.1 Å². The molecule has 0 heterocycles. The molecule has 0 aromatic rings. The first-order chi connectivity index (χ1) is 13.1. The van der Waals surface area contributed by atoms with Gasteiger partial charge in [0, 0.05) is 11.8 Å². The van der Waals surface area contributed by atoms with Crippen LogP contribution < -0.4 is 5.32 Å². The zero-order valence-corrected chi connectivity index (χ0v) is 18.1. The minimum atomic E-state index is -2.13. The van der Waals surface area contributed by atoms with Crippen molar-refractivity contribution < 1.29 is 32.9 Å². The second-order valence-electron chi connectivity index (χ2n) is 8.23. The van der Waals surface area contributed by atoms with E-state index in [-0.39, 0.29) is 24.2 Å². The van der Waals surface area contributed by atoms with Crippen molar-refractivity contribution in [1.29, 1.82) is 0 Å². The van der Waals surface area contributed by atoms with Crippen LogP contribution >= 0.6 is 8.03 Å². The molecule has 1 aliphatic rings. The number of ether oxygens (including phenoxy) is 2. The predicted molar refractivity (Wildman–Crippen MR) is 103 cm³/mol. The second-order valence-corrected chi connectivity index (χ2v) is 9.30. The minimum Gasteiger partial charge on any atom is -0.425 e. The van der Waals surface area contributed by atoms with Crippen LogP contribution in [0.5, 0.6) is 0 Å². The van der Waals surface area contributed by atoms with Crippen molar-refractivity contribution >= 4 is 20.1 Å². The number of rotatable bonds is 10. The molecule has 5 atom stereocenters. The summed E-state index contributed by atoms with van der Waals surface area (Å²) in [5.41, 5.74) is 0. The first kappa shape index (κ1) is 24.8. The number of amides is 1. The fraction of sp³-hybridized carbons (Fsp3) is 0.895. The summed E-state index contributed by atoms with van der Waals surface area (Å²) in [6.45, 7) is 6.81. The van der Waals surface area contributed by atoms with Crippen LogP contribution in [0.2, 0.25) is 0 Å². The number of esters is 1. The van der Waals surface area contributed by atoms with Gasteiger partial charge in [0.15, 0.2) is 12.5 Å². The van der Waals surface area contributed by atoms with E-state index in [1.165, 1.54) is 0 Å². The van der Waals surface area contributed by atoms with E-state index in [9.17, 15) is 18.5 Å². The van der Waals surface area contributed by atoms with Crippen molar-refractivity contribution in [3.8, 4) is 0 Å². The third-order valence-electron chi connectivity index (χ3n) is 4.88. The summed E-state index contributed by atoms with van der Waals surface area (Å²) in [7, 11) is -2.13. The molecule has 28 heavy (non-hydrogen) atoms. The molecule has 1 amide bonds. The molecule has 0 radical (unpaired) electrons. The third-order valence-corrected chi connectivity index (χ3v) is 5.71. The zero-order chi connectivity index (χ0) is 21.3. The first-order valence-corrected chi connectivity index (χ1v) is 11.4. The molecule has 0 saturated heterocycles. The highest BCUT2D eigenvalue weighted by Gasteiger charge is 2.29. The maximum atomic E-state index is 14.2. The lowest BCUT2D eigenvalue weighted by molar-refractivity contribution is -0.178. The highest BCUT2D eigenvalue weighted by Crippen LogP contribution is 2.36. The average Bonchev–Trinajstić information content (AvgIpc) is 2.58. The lowest BCUT2D eigenvalue weighted by Crippen LogP contribution is -2.38. The molecule has 7 nitrogen and oxygen atoms in total. The van der Waals surface area contributed by atoms with Gasteiger partial charge in [0.2, 0.25) is 0 Å². The molecule has 0 spiro atoms. The van der Waals surface area contributed by atoms with E-state index < -0.39 is 32.7 Å². The smallest absolute Gasteiger partial charge is 0.425 e. The van der Waals surface area contributed by atoms with Crippen LogP contribution in [0, 0.1) is 23.7 Å². The molecule has 1 rings (SSSR count). The Bertz CT molecular complexity index is 531. The van der Waals surface area contributed by atoms with E-state index in [0.717, 1.165) is 25.7 Å². The molecule has 2 N–H and O–H groups in total. The Labute approximate surface area is 167 Å². The van der Waals surface area contributed by atoms with Crippen LogP contribution in [0.15, 0.2) is 0 Å². The van der Waals surface area contributed by atoms with Crippen LogP contribution in [0.3, 0.4) is 0 Å². The summed E-state index contributed by atoms with van der Waals surface area (Å²) in [5.74, 6) is -0.598. The highest BCUT2D eigenvalue weighted by atomic mass is 31.1. The van der Waals surface area contributed by atoms with Crippen molar-refractivity contribution in [2.45, 2.75) is 78.8 Å². The number of hydrogen-bond acceptors (Lipinski definition) is 5. The van der Waals surface area contributed by atoms with Gasteiger partial charge in [-0.05, 0) is 36.2 Å². The fourth-order valence-corrected chi connectivity index (χ4v) is 4.09. The van der Waals surface area contributed by atoms with Gasteiger partial charge in [-0.3, -0.25) is 10.1 Å². The van der Waals surface area contributed by atoms with E-state index in [4.69, 9.17) is 14.4 Å². The number of alkyl carbamates (subject to hydrolysis) is 1. The molecule has 0 aromatic carbocycles. The first-order valence-electron chi connectivity index (χ1n) is 10.0. The molecule has 0 aliphatic heterocycles. The van der Waals surface area contributed by atoms with Crippen LogP contribution in [-0.4, -0.2) is 35.7 Å². The molecule has 9 heteroatoms. The maximum Gasteiger partial charge on any atom is 0.505 e. The Morgan fingerprint density at radius 1 is 1.18 bits per heavy atom. The average molecular weight is 422 g/mol. The summed E-state index contributed by atoms with van der Waals surface area (Å²) < 4.78 is 35.3. The van der Waals surface area contributed by atoms with Crippen molar-refractivity contribution in [2.75, 3.05) is 6.16 Å². The van der Waals surface area contributed by atoms with Crippen molar-refractivity contribution in [2.24, 2.45) is 23.7 Å². The molecule has 1 fully saturated rings. The van der Waals surface area contributed by atoms with Crippen LogP contribution in [0.25, 0.3) is 0 Å². The van der Waals surface area contributed by atoms with Gasteiger partial charge in [-0.15, -0.1) is 0 Å². The second kappa shape index (κ2) is 12.3. The monoisotopic (exact) mass is 422 g/mol. The normalized spacial score (nSPS) is 22.5. The molecular weight excluding hydrogens is 388 g/mol. The molecule has 4 unspecified atom stereocenters. The van der Waals surface area contributed by atoms with Crippen LogP contribution in [0.4, 0.5) is 9.18 Å². The molecule has 1 saturated carbocycles.